The summed E-state index contributed by atoms with van der Waals surface area (Å²) in [5.41, 5.74) is -0.747. The van der Waals surface area contributed by atoms with Crippen molar-refractivity contribution in [3.63, 3.8) is 0 Å². The molecule has 1 fully saturated rings. The van der Waals surface area contributed by atoms with Crippen LogP contribution < -0.4 is 10.6 Å². The smallest absolute Gasteiger partial charge is 0.324 e. The van der Waals surface area contributed by atoms with Gasteiger partial charge in [-0.05, 0) is 6.42 Å². The minimum atomic E-state index is -1.38. The largest absolute Gasteiger partial charge is 0.343 e. The molecule has 20 heavy (non-hydrogen) atoms. The van der Waals surface area contributed by atoms with E-state index in [1.54, 1.807) is 12.1 Å². The molecule has 0 aromatic heterocycles. The van der Waals surface area contributed by atoms with Crippen molar-refractivity contribution in [1.82, 2.24) is 10.6 Å². The van der Waals surface area contributed by atoms with Crippen LogP contribution in [0.1, 0.15) is 38.2 Å². The van der Waals surface area contributed by atoms with Crippen LogP contribution in [0.5, 0.6) is 0 Å². The highest BCUT2D eigenvalue weighted by molar-refractivity contribution is 6.06. The highest BCUT2D eigenvalue weighted by Gasteiger charge is 2.49. The number of nitrogens with one attached hydrogen (secondary N) is 2. The molecule has 1 aliphatic rings. The average molecular weight is 276 g/mol. The molecule has 1 aromatic rings. The Labute approximate surface area is 118 Å². The van der Waals surface area contributed by atoms with Crippen molar-refractivity contribution in [3.05, 3.63) is 35.9 Å². The number of hydrogen-bond donors (Lipinski definition) is 2. The topological polar surface area (TPSA) is 67.4 Å². The van der Waals surface area contributed by atoms with E-state index in [9.17, 15) is 9.59 Å². The van der Waals surface area contributed by atoms with E-state index < -0.39 is 17.7 Å². The second kappa shape index (κ2) is 6.52. The maximum Gasteiger partial charge on any atom is 0.324 e. The fourth-order valence-electron chi connectivity index (χ4n) is 2.25. The number of amides is 3. The van der Waals surface area contributed by atoms with E-state index in [0.29, 0.717) is 12.2 Å². The van der Waals surface area contributed by atoms with Gasteiger partial charge >= 0.3 is 6.03 Å². The van der Waals surface area contributed by atoms with Crippen LogP contribution in [0.3, 0.4) is 0 Å². The molecule has 3 amide bonds. The first-order chi connectivity index (χ1) is 9.69. The number of ether oxygens (including phenoxy) is 1. The van der Waals surface area contributed by atoms with Crippen LogP contribution in [0.15, 0.2) is 30.3 Å². The van der Waals surface area contributed by atoms with Gasteiger partial charge in [0.05, 0.1) is 6.61 Å². The summed E-state index contributed by atoms with van der Waals surface area (Å²) in [5.74, 6) is -0.454. The normalized spacial score (nSPS) is 21.6. The van der Waals surface area contributed by atoms with Gasteiger partial charge in [0, 0.05) is 5.56 Å². The van der Waals surface area contributed by atoms with E-state index in [4.69, 9.17) is 4.74 Å². The lowest BCUT2D eigenvalue weighted by atomic mass is 10.0. The second-order valence-electron chi connectivity index (χ2n) is 4.86. The van der Waals surface area contributed by atoms with E-state index in [1.165, 1.54) is 0 Å². The standard InChI is InChI=1S/C15H20N2O3/c1-2-3-4-8-11-20-15(12-9-6-5-7-10-12)13(18)16-14(19)17-15/h5-7,9-10H,2-4,8,11H2,1H3,(H2,16,17,18,19). The van der Waals surface area contributed by atoms with E-state index in [-0.39, 0.29) is 0 Å². The lowest BCUT2D eigenvalue weighted by molar-refractivity contribution is -0.146. The van der Waals surface area contributed by atoms with Gasteiger partial charge in [-0.1, -0.05) is 56.5 Å². The first kappa shape index (κ1) is 14.5. The van der Waals surface area contributed by atoms with Gasteiger partial charge in [-0.25, -0.2) is 4.79 Å². The summed E-state index contributed by atoms with van der Waals surface area (Å²) in [7, 11) is 0. The third kappa shape index (κ3) is 2.99. The Bertz CT molecular complexity index is 475. The van der Waals surface area contributed by atoms with E-state index in [2.05, 4.69) is 17.6 Å². The number of carbonyl (C=O) groups is 2. The molecule has 1 unspecified atom stereocenters. The van der Waals surface area contributed by atoms with E-state index >= 15 is 0 Å². The van der Waals surface area contributed by atoms with Crippen molar-refractivity contribution in [2.24, 2.45) is 0 Å². The predicted molar refractivity (Wildman–Crippen MR) is 74.9 cm³/mol. The lowest BCUT2D eigenvalue weighted by Crippen LogP contribution is -2.46. The zero-order valence-corrected chi connectivity index (χ0v) is 11.6. The molecule has 1 heterocycles. The van der Waals surface area contributed by atoms with Crippen molar-refractivity contribution >= 4 is 11.9 Å². The van der Waals surface area contributed by atoms with Gasteiger partial charge in [0.1, 0.15) is 0 Å². The second-order valence-corrected chi connectivity index (χ2v) is 4.86. The summed E-state index contributed by atoms with van der Waals surface area (Å²) >= 11 is 0. The zero-order chi connectivity index (χ0) is 14.4. The van der Waals surface area contributed by atoms with Crippen molar-refractivity contribution in [1.29, 1.82) is 0 Å². The number of carbonyl (C=O) groups excluding carboxylic acids is 2. The number of imide groups is 1. The van der Waals surface area contributed by atoms with Crippen LogP contribution in [0.4, 0.5) is 4.79 Å². The predicted octanol–water partition coefficient (Wildman–Crippen LogP) is 2.28. The summed E-state index contributed by atoms with van der Waals surface area (Å²) in [5, 5.41) is 4.85. The molecule has 5 heteroatoms. The fourth-order valence-corrected chi connectivity index (χ4v) is 2.25. The van der Waals surface area contributed by atoms with Gasteiger partial charge in [0.2, 0.25) is 5.72 Å². The van der Waals surface area contributed by atoms with Crippen LogP contribution in [0, 0.1) is 0 Å². The van der Waals surface area contributed by atoms with Crippen molar-refractivity contribution in [3.8, 4) is 0 Å². The Kier molecular flexibility index (Phi) is 4.74. The summed E-state index contributed by atoms with van der Waals surface area (Å²) in [6, 6.07) is 8.51. The Morgan fingerprint density at radius 1 is 1.10 bits per heavy atom. The third-order valence-electron chi connectivity index (χ3n) is 3.33. The molecule has 0 radical (unpaired) electrons. The molecule has 108 valence electrons. The first-order valence-corrected chi connectivity index (χ1v) is 7.02. The molecule has 2 rings (SSSR count). The van der Waals surface area contributed by atoms with Gasteiger partial charge in [0.15, 0.2) is 0 Å². The molecule has 0 spiro atoms. The molecule has 1 aromatic carbocycles. The highest BCUT2D eigenvalue weighted by atomic mass is 16.5. The molecule has 0 saturated carbocycles. The quantitative estimate of drug-likeness (QED) is 0.593. The molecule has 1 saturated heterocycles. The average Bonchev–Trinajstić information content (AvgIpc) is 2.75. The SMILES string of the molecule is CCCCCCOC1(c2ccccc2)NC(=O)NC1=O. The molecule has 2 N–H and O–H groups in total. The Hall–Kier alpha value is -1.88. The van der Waals surface area contributed by atoms with Crippen molar-refractivity contribution < 1.29 is 14.3 Å². The minimum absolute atomic E-state index is 0.433. The number of hydrogen-bond acceptors (Lipinski definition) is 3. The molecule has 1 aliphatic heterocycles. The van der Waals surface area contributed by atoms with Crippen LogP contribution in [0.2, 0.25) is 0 Å². The number of urea groups is 1. The Morgan fingerprint density at radius 2 is 1.85 bits per heavy atom. The zero-order valence-electron chi connectivity index (χ0n) is 11.6. The first-order valence-electron chi connectivity index (χ1n) is 7.02. The van der Waals surface area contributed by atoms with Crippen molar-refractivity contribution in [2.75, 3.05) is 6.61 Å². The fraction of sp³-hybridized carbons (Fsp3) is 0.467. The minimum Gasteiger partial charge on any atom is -0.343 e. The van der Waals surface area contributed by atoms with Gasteiger partial charge in [-0.15, -0.1) is 0 Å². The maximum absolute atomic E-state index is 12.1. The molecule has 1 atom stereocenters. The van der Waals surface area contributed by atoms with E-state index in [1.807, 2.05) is 18.2 Å². The van der Waals surface area contributed by atoms with Crippen LogP contribution in [0.25, 0.3) is 0 Å². The van der Waals surface area contributed by atoms with Crippen LogP contribution in [-0.4, -0.2) is 18.5 Å². The summed E-state index contributed by atoms with van der Waals surface area (Å²) in [4.78, 5) is 23.6. The van der Waals surface area contributed by atoms with Crippen LogP contribution >= 0.6 is 0 Å². The molecule has 0 aliphatic carbocycles. The maximum atomic E-state index is 12.1. The monoisotopic (exact) mass is 276 g/mol. The van der Waals surface area contributed by atoms with Gasteiger partial charge in [0.25, 0.3) is 5.91 Å². The lowest BCUT2D eigenvalue weighted by Gasteiger charge is -2.26. The molecule has 0 bridgehead atoms. The highest BCUT2D eigenvalue weighted by Crippen LogP contribution is 2.26. The summed E-state index contributed by atoms with van der Waals surface area (Å²) in [6.45, 7) is 2.57. The van der Waals surface area contributed by atoms with Gasteiger partial charge in [-0.3, -0.25) is 15.4 Å². The molecule has 5 nitrogen and oxygen atoms in total. The Morgan fingerprint density at radius 3 is 2.45 bits per heavy atom. The number of rotatable bonds is 7. The third-order valence-corrected chi connectivity index (χ3v) is 3.33. The van der Waals surface area contributed by atoms with E-state index in [0.717, 1.165) is 25.7 Å². The van der Waals surface area contributed by atoms with Gasteiger partial charge in [-0.2, -0.15) is 0 Å². The van der Waals surface area contributed by atoms with Crippen molar-refractivity contribution in [2.45, 2.75) is 38.3 Å². The Balaban J connectivity index is 2.10. The number of benzene rings is 1. The summed E-state index contributed by atoms with van der Waals surface area (Å²) < 4.78 is 5.76. The van der Waals surface area contributed by atoms with Crippen LogP contribution in [-0.2, 0) is 15.3 Å². The van der Waals surface area contributed by atoms with Gasteiger partial charge < -0.3 is 4.74 Å². The molecular formula is C15H20N2O3. The summed E-state index contributed by atoms with van der Waals surface area (Å²) in [6.07, 6.45) is 4.20. The molecular weight excluding hydrogens is 256 g/mol. The number of unbranched alkanes of at least 4 members (excludes halogenated alkanes) is 3.